The summed E-state index contributed by atoms with van der Waals surface area (Å²) in [6.45, 7) is 0.0410. The number of rotatable bonds is 5. The number of hydrogen-bond donors (Lipinski definition) is 3. The molecule has 2 aromatic carbocycles. The van der Waals surface area contributed by atoms with Gasteiger partial charge in [0.1, 0.15) is 5.75 Å². The maximum absolute atomic E-state index is 11.8. The van der Waals surface area contributed by atoms with Crippen LogP contribution in [-0.4, -0.2) is 25.5 Å². The first-order valence-electron chi connectivity index (χ1n) is 6.81. The minimum absolute atomic E-state index is 0.0410. The topological polar surface area (TPSA) is 79.5 Å². The minimum Gasteiger partial charge on any atom is -0.497 e. The molecule has 0 unspecified atom stereocenters. The highest BCUT2D eigenvalue weighted by Crippen LogP contribution is 2.14. The predicted molar refractivity (Wildman–Crippen MR) is 96.3 cm³/mol. The summed E-state index contributed by atoms with van der Waals surface area (Å²) < 4.78 is 6.09. The SMILES string of the molecule is COc1ccc(NCC(=O)NNC(=O)c2ccc(I)cc2)cc1. The van der Waals surface area contributed by atoms with Crippen molar-refractivity contribution >= 4 is 40.1 Å². The van der Waals surface area contributed by atoms with Gasteiger partial charge in [-0.2, -0.15) is 0 Å². The standard InChI is InChI=1S/C16H16IN3O3/c1-23-14-8-6-13(7-9-14)18-10-15(21)19-20-16(22)11-2-4-12(17)5-3-11/h2-9,18H,10H2,1H3,(H,19,21)(H,20,22). The Morgan fingerprint density at radius 3 is 2.26 bits per heavy atom. The van der Waals surface area contributed by atoms with Gasteiger partial charge in [-0.3, -0.25) is 20.4 Å². The van der Waals surface area contributed by atoms with Crippen LogP contribution in [0.1, 0.15) is 10.4 Å². The van der Waals surface area contributed by atoms with Crippen molar-refractivity contribution in [3.8, 4) is 5.75 Å². The molecule has 2 amide bonds. The Hall–Kier alpha value is -2.29. The molecule has 120 valence electrons. The van der Waals surface area contributed by atoms with Gasteiger partial charge in [-0.25, -0.2) is 0 Å². The molecule has 0 saturated heterocycles. The molecule has 0 aliphatic carbocycles. The summed E-state index contributed by atoms with van der Waals surface area (Å²) in [5.41, 5.74) is 6.00. The van der Waals surface area contributed by atoms with E-state index in [1.165, 1.54) is 0 Å². The first kappa shape index (κ1) is 17.1. The Bertz CT molecular complexity index is 672. The first-order valence-corrected chi connectivity index (χ1v) is 7.89. The van der Waals surface area contributed by atoms with Crippen LogP contribution in [0.3, 0.4) is 0 Å². The van der Waals surface area contributed by atoms with Crippen LogP contribution >= 0.6 is 22.6 Å². The Morgan fingerprint density at radius 2 is 1.65 bits per heavy atom. The third-order valence-electron chi connectivity index (χ3n) is 2.96. The van der Waals surface area contributed by atoms with Crippen molar-refractivity contribution in [1.82, 2.24) is 10.9 Å². The number of methoxy groups -OCH3 is 1. The molecular weight excluding hydrogens is 409 g/mol. The number of ether oxygens (including phenoxy) is 1. The van der Waals surface area contributed by atoms with Crippen LogP contribution in [-0.2, 0) is 4.79 Å². The normalized spacial score (nSPS) is 9.83. The van der Waals surface area contributed by atoms with Gasteiger partial charge >= 0.3 is 0 Å². The zero-order chi connectivity index (χ0) is 16.7. The molecule has 0 aliphatic rings. The van der Waals surface area contributed by atoms with Crippen molar-refractivity contribution < 1.29 is 14.3 Å². The Morgan fingerprint density at radius 1 is 1.00 bits per heavy atom. The lowest BCUT2D eigenvalue weighted by atomic mass is 10.2. The fourth-order valence-corrected chi connectivity index (χ4v) is 2.09. The van der Waals surface area contributed by atoms with Gasteiger partial charge < -0.3 is 10.1 Å². The summed E-state index contributed by atoms with van der Waals surface area (Å²) in [5.74, 6) is 0.0312. The van der Waals surface area contributed by atoms with Crippen molar-refractivity contribution in [1.29, 1.82) is 0 Å². The van der Waals surface area contributed by atoms with Crippen molar-refractivity contribution in [2.45, 2.75) is 0 Å². The van der Waals surface area contributed by atoms with Crippen LogP contribution < -0.4 is 20.9 Å². The van der Waals surface area contributed by atoms with E-state index in [0.717, 1.165) is 15.0 Å². The first-order chi connectivity index (χ1) is 11.1. The number of hydrogen-bond acceptors (Lipinski definition) is 4. The average Bonchev–Trinajstić information content (AvgIpc) is 2.59. The van der Waals surface area contributed by atoms with Crippen molar-refractivity contribution in [2.24, 2.45) is 0 Å². The monoisotopic (exact) mass is 425 g/mol. The van der Waals surface area contributed by atoms with Gasteiger partial charge in [0.2, 0.25) is 0 Å². The highest BCUT2D eigenvalue weighted by Gasteiger charge is 2.07. The minimum atomic E-state index is -0.362. The lowest BCUT2D eigenvalue weighted by molar-refractivity contribution is -0.120. The molecule has 0 bridgehead atoms. The quantitative estimate of drug-likeness (QED) is 0.507. The largest absolute Gasteiger partial charge is 0.497 e. The molecule has 0 atom stereocenters. The second-order valence-corrected chi connectivity index (χ2v) is 5.84. The second kappa shape index (κ2) is 8.37. The second-order valence-electron chi connectivity index (χ2n) is 4.59. The van der Waals surface area contributed by atoms with E-state index in [-0.39, 0.29) is 18.4 Å². The van der Waals surface area contributed by atoms with Crippen LogP contribution in [0.2, 0.25) is 0 Å². The van der Waals surface area contributed by atoms with E-state index in [4.69, 9.17) is 4.74 Å². The van der Waals surface area contributed by atoms with E-state index in [1.807, 2.05) is 12.1 Å². The van der Waals surface area contributed by atoms with Gasteiger partial charge in [-0.05, 0) is 71.1 Å². The summed E-state index contributed by atoms with van der Waals surface area (Å²) in [6.07, 6.45) is 0. The number of hydrazine groups is 1. The van der Waals surface area contributed by atoms with Gasteiger partial charge in [0.25, 0.3) is 11.8 Å². The van der Waals surface area contributed by atoms with Crippen LogP contribution in [0.15, 0.2) is 48.5 Å². The van der Waals surface area contributed by atoms with Crippen LogP contribution in [0.25, 0.3) is 0 Å². The molecule has 0 aliphatic heterocycles. The number of benzene rings is 2. The Labute approximate surface area is 147 Å². The van der Waals surface area contributed by atoms with Crippen LogP contribution in [0.4, 0.5) is 5.69 Å². The third kappa shape index (κ3) is 5.44. The number of carbonyl (C=O) groups excluding carboxylic acids is 2. The van der Waals surface area contributed by atoms with Gasteiger partial charge in [0, 0.05) is 14.8 Å². The molecule has 2 rings (SSSR count). The molecule has 3 N–H and O–H groups in total. The highest BCUT2D eigenvalue weighted by atomic mass is 127. The smallest absolute Gasteiger partial charge is 0.269 e. The van der Waals surface area contributed by atoms with Crippen molar-refractivity contribution in [3.05, 3.63) is 57.7 Å². The maximum atomic E-state index is 11.8. The third-order valence-corrected chi connectivity index (χ3v) is 3.68. The fraction of sp³-hybridized carbons (Fsp3) is 0.125. The van der Waals surface area contributed by atoms with Gasteiger partial charge in [-0.1, -0.05) is 0 Å². The van der Waals surface area contributed by atoms with Gasteiger partial charge in [0.15, 0.2) is 0 Å². The molecule has 7 heteroatoms. The Kier molecular flexibility index (Phi) is 6.21. The van der Waals surface area contributed by atoms with Crippen LogP contribution in [0.5, 0.6) is 5.75 Å². The molecule has 0 heterocycles. The predicted octanol–water partition coefficient (Wildman–Crippen LogP) is 2.17. The lowest BCUT2D eigenvalue weighted by Crippen LogP contribution is -2.44. The summed E-state index contributed by atoms with van der Waals surface area (Å²) >= 11 is 2.16. The molecule has 0 radical (unpaired) electrons. The van der Waals surface area contributed by atoms with E-state index in [9.17, 15) is 9.59 Å². The van der Waals surface area contributed by atoms with Crippen molar-refractivity contribution in [3.63, 3.8) is 0 Å². The number of halogens is 1. The van der Waals surface area contributed by atoms with E-state index >= 15 is 0 Å². The van der Waals surface area contributed by atoms with E-state index < -0.39 is 0 Å². The summed E-state index contributed by atoms with van der Waals surface area (Å²) in [6, 6.07) is 14.2. The van der Waals surface area contributed by atoms with E-state index in [1.54, 1.807) is 43.5 Å². The maximum Gasteiger partial charge on any atom is 0.269 e. The van der Waals surface area contributed by atoms with Crippen LogP contribution in [0, 0.1) is 3.57 Å². The fourth-order valence-electron chi connectivity index (χ4n) is 1.74. The number of carbonyl (C=O) groups is 2. The van der Waals surface area contributed by atoms with Gasteiger partial charge in [0.05, 0.1) is 13.7 Å². The number of anilines is 1. The molecule has 23 heavy (non-hydrogen) atoms. The molecule has 0 aromatic heterocycles. The van der Waals surface area contributed by atoms with E-state index in [0.29, 0.717) is 5.56 Å². The zero-order valence-corrected chi connectivity index (χ0v) is 14.6. The number of amides is 2. The summed E-state index contributed by atoms with van der Waals surface area (Å²) in [7, 11) is 1.59. The zero-order valence-electron chi connectivity index (χ0n) is 12.4. The molecule has 0 spiro atoms. The molecular formula is C16H16IN3O3. The number of nitrogens with one attached hydrogen (secondary N) is 3. The van der Waals surface area contributed by atoms with Crippen molar-refractivity contribution in [2.75, 3.05) is 19.0 Å². The van der Waals surface area contributed by atoms with Gasteiger partial charge in [-0.15, -0.1) is 0 Å². The average molecular weight is 425 g/mol. The summed E-state index contributed by atoms with van der Waals surface area (Å²) in [4.78, 5) is 23.6. The molecule has 0 fully saturated rings. The molecule has 2 aromatic rings. The van der Waals surface area contributed by atoms with E-state index in [2.05, 4.69) is 38.8 Å². The summed E-state index contributed by atoms with van der Waals surface area (Å²) in [5, 5.41) is 2.95. The molecule has 6 nitrogen and oxygen atoms in total. The lowest BCUT2D eigenvalue weighted by Gasteiger charge is -2.09. The Balaban J connectivity index is 1.76. The molecule has 0 saturated carbocycles. The highest BCUT2D eigenvalue weighted by molar-refractivity contribution is 14.1.